The summed E-state index contributed by atoms with van der Waals surface area (Å²) in [5, 5.41) is 0.984. The van der Waals surface area contributed by atoms with Gasteiger partial charge in [-0.1, -0.05) is 23.2 Å². The van der Waals surface area contributed by atoms with Crippen LogP contribution in [0.15, 0.2) is 30.7 Å². The zero-order valence-corrected chi connectivity index (χ0v) is 15.7. The van der Waals surface area contributed by atoms with E-state index in [-0.39, 0.29) is 0 Å². The summed E-state index contributed by atoms with van der Waals surface area (Å²) in [7, 11) is 0. The van der Waals surface area contributed by atoms with Gasteiger partial charge in [-0.3, -0.25) is 9.78 Å². The van der Waals surface area contributed by atoms with Crippen LogP contribution in [0.4, 0.5) is 5.69 Å². The van der Waals surface area contributed by atoms with Gasteiger partial charge in [0.1, 0.15) is 23.1 Å². The number of nitrogens with zero attached hydrogens (tertiary/aromatic N) is 4. The first kappa shape index (κ1) is 17.9. The van der Waals surface area contributed by atoms with E-state index in [0.717, 1.165) is 0 Å². The predicted octanol–water partition coefficient (Wildman–Crippen LogP) is 2.93. The SMILES string of the molecule is NC(=O)c1cnc2c(-c3cc(Cl)cc(Cl)c3)ncnc2c1N1CCOCC1. The number of amides is 1. The van der Waals surface area contributed by atoms with Crippen LogP contribution in [-0.2, 0) is 4.74 Å². The Bertz CT molecular complexity index is 1020. The number of halogens is 2. The van der Waals surface area contributed by atoms with Gasteiger partial charge in [-0.15, -0.1) is 0 Å². The lowest BCUT2D eigenvalue weighted by molar-refractivity contribution is 0.0998. The van der Waals surface area contributed by atoms with Crippen molar-refractivity contribution in [1.82, 2.24) is 15.0 Å². The van der Waals surface area contributed by atoms with Crippen molar-refractivity contribution in [3.05, 3.63) is 46.3 Å². The van der Waals surface area contributed by atoms with Crippen LogP contribution in [-0.4, -0.2) is 47.2 Å². The molecule has 3 heterocycles. The smallest absolute Gasteiger partial charge is 0.252 e. The third kappa shape index (κ3) is 3.41. The number of rotatable bonds is 3. The molecule has 7 nitrogen and oxygen atoms in total. The lowest BCUT2D eigenvalue weighted by Crippen LogP contribution is -2.37. The van der Waals surface area contributed by atoms with Crippen LogP contribution in [0.25, 0.3) is 22.3 Å². The van der Waals surface area contributed by atoms with E-state index in [1.165, 1.54) is 12.5 Å². The zero-order valence-electron chi connectivity index (χ0n) is 14.2. The molecule has 3 aromatic rings. The van der Waals surface area contributed by atoms with E-state index in [4.69, 9.17) is 33.7 Å². The second-order valence-corrected chi connectivity index (χ2v) is 6.93. The van der Waals surface area contributed by atoms with E-state index < -0.39 is 5.91 Å². The molecule has 0 radical (unpaired) electrons. The van der Waals surface area contributed by atoms with Crippen LogP contribution >= 0.6 is 23.2 Å². The highest BCUT2D eigenvalue weighted by Gasteiger charge is 2.23. The summed E-state index contributed by atoms with van der Waals surface area (Å²) < 4.78 is 5.42. The third-order valence-corrected chi connectivity index (χ3v) is 4.79. The Morgan fingerprint density at radius 3 is 2.41 bits per heavy atom. The molecule has 0 saturated carbocycles. The third-order valence-electron chi connectivity index (χ3n) is 4.35. The minimum atomic E-state index is -0.558. The molecule has 9 heteroatoms. The molecule has 2 N–H and O–H groups in total. The Morgan fingerprint density at radius 2 is 1.74 bits per heavy atom. The molecule has 4 rings (SSSR count). The van der Waals surface area contributed by atoms with Crippen molar-refractivity contribution in [3.8, 4) is 11.3 Å². The van der Waals surface area contributed by atoms with Crippen molar-refractivity contribution in [2.75, 3.05) is 31.2 Å². The van der Waals surface area contributed by atoms with Crippen LogP contribution in [0.2, 0.25) is 10.0 Å². The molecular weight excluding hydrogens is 389 g/mol. The van der Waals surface area contributed by atoms with Crippen LogP contribution < -0.4 is 10.6 Å². The second-order valence-electron chi connectivity index (χ2n) is 6.06. The van der Waals surface area contributed by atoms with Crippen molar-refractivity contribution in [3.63, 3.8) is 0 Å². The van der Waals surface area contributed by atoms with Crippen molar-refractivity contribution in [2.45, 2.75) is 0 Å². The monoisotopic (exact) mass is 403 g/mol. The molecule has 1 saturated heterocycles. The van der Waals surface area contributed by atoms with Crippen molar-refractivity contribution < 1.29 is 9.53 Å². The van der Waals surface area contributed by atoms with Gasteiger partial charge in [0.2, 0.25) is 0 Å². The van der Waals surface area contributed by atoms with Gasteiger partial charge in [-0.05, 0) is 18.2 Å². The number of aromatic nitrogens is 3. The Balaban J connectivity index is 1.98. The van der Waals surface area contributed by atoms with Gasteiger partial charge < -0.3 is 15.4 Å². The largest absolute Gasteiger partial charge is 0.378 e. The number of ether oxygens (including phenoxy) is 1. The molecule has 0 aliphatic carbocycles. The van der Waals surface area contributed by atoms with Gasteiger partial charge in [0, 0.05) is 34.9 Å². The average Bonchev–Trinajstić information content (AvgIpc) is 2.66. The molecule has 27 heavy (non-hydrogen) atoms. The molecule has 0 unspecified atom stereocenters. The number of anilines is 1. The Labute approximate surface area is 165 Å². The molecular formula is C18H15Cl2N5O2. The summed E-state index contributed by atoms with van der Waals surface area (Å²) in [5.41, 5.74) is 8.94. The number of fused-ring (bicyclic) bond motifs is 1. The first-order chi connectivity index (χ1) is 13.0. The van der Waals surface area contributed by atoms with Crippen molar-refractivity contribution >= 4 is 45.8 Å². The topological polar surface area (TPSA) is 94.2 Å². The Kier molecular flexibility index (Phi) is 4.82. The lowest BCUT2D eigenvalue weighted by Gasteiger charge is -2.30. The average molecular weight is 404 g/mol. The van der Waals surface area contributed by atoms with E-state index in [0.29, 0.717) is 69.9 Å². The fraction of sp³-hybridized carbons (Fsp3) is 0.222. The van der Waals surface area contributed by atoms with Gasteiger partial charge in [-0.25, -0.2) is 9.97 Å². The quantitative estimate of drug-likeness (QED) is 0.722. The maximum Gasteiger partial charge on any atom is 0.252 e. The van der Waals surface area contributed by atoms with Gasteiger partial charge in [0.15, 0.2) is 0 Å². The van der Waals surface area contributed by atoms with E-state index in [2.05, 4.69) is 15.0 Å². The highest BCUT2D eigenvalue weighted by molar-refractivity contribution is 6.35. The van der Waals surface area contributed by atoms with Crippen LogP contribution in [0.1, 0.15) is 10.4 Å². The number of carbonyl (C=O) groups is 1. The number of carbonyl (C=O) groups excluding carboxylic acids is 1. The first-order valence-corrected chi connectivity index (χ1v) is 9.03. The summed E-state index contributed by atoms with van der Waals surface area (Å²) >= 11 is 12.3. The Morgan fingerprint density at radius 1 is 1.04 bits per heavy atom. The first-order valence-electron chi connectivity index (χ1n) is 8.27. The van der Waals surface area contributed by atoms with Gasteiger partial charge in [0.05, 0.1) is 24.5 Å². The minimum absolute atomic E-state index is 0.318. The number of nitrogens with two attached hydrogens (primary N) is 1. The van der Waals surface area contributed by atoms with Crippen LogP contribution in [0.5, 0.6) is 0 Å². The summed E-state index contributed by atoms with van der Waals surface area (Å²) in [5.74, 6) is -0.558. The zero-order chi connectivity index (χ0) is 19.0. The molecule has 1 fully saturated rings. The predicted molar refractivity (Wildman–Crippen MR) is 104 cm³/mol. The van der Waals surface area contributed by atoms with E-state index >= 15 is 0 Å². The van der Waals surface area contributed by atoms with Gasteiger partial charge in [-0.2, -0.15) is 0 Å². The molecule has 1 aromatic carbocycles. The minimum Gasteiger partial charge on any atom is -0.378 e. The molecule has 0 bridgehead atoms. The fourth-order valence-corrected chi connectivity index (χ4v) is 3.71. The molecule has 0 spiro atoms. The molecule has 2 aromatic heterocycles. The summed E-state index contributed by atoms with van der Waals surface area (Å²) in [6.07, 6.45) is 2.90. The maximum absolute atomic E-state index is 12.0. The molecule has 1 amide bonds. The second kappa shape index (κ2) is 7.26. The number of morpholine rings is 1. The number of hydrogen-bond donors (Lipinski definition) is 1. The van der Waals surface area contributed by atoms with E-state index in [9.17, 15) is 4.79 Å². The summed E-state index contributed by atoms with van der Waals surface area (Å²) in [6.45, 7) is 2.37. The maximum atomic E-state index is 12.0. The van der Waals surface area contributed by atoms with E-state index in [1.807, 2.05) is 4.90 Å². The van der Waals surface area contributed by atoms with E-state index in [1.54, 1.807) is 18.2 Å². The fourth-order valence-electron chi connectivity index (χ4n) is 3.18. The van der Waals surface area contributed by atoms with Crippen LogP contribution in [0.3, 0.4) is 0 Å². The molecule has 0 atom stereocenters. The molecule has 1 aliphatic heterocycles. The molecule has 138 valence electrons. The highest BCUT2D eigenvalue weighted by atomic mass is 35.5. The highest BCUT2D eigenvalue weighted by Crippen LogP contribution is 2.34. The van der Waals surface area contributed by atoms with Gasteiger partial charge >= 0.3 is 0 Å². The molecule has 1 aliphatic rings. The van der Waals surface area contributed by atoms with Crippen molar-refractivity contribution in [2.24, 2.45) is 5.73 Å². The lowest BCUT2D eigenvalue weighted by atomic mass is 10.1. The van der Waals surface area contributed by atoms with Crippen molar-refractivity contribution in [1.29, 1.82) is 0 Å². The number of primary amides is 1. The number of benzene rings is 1. The Hall–Kier alpha value is -2.48. The summed E-state index contributed by atoms with van der Waals surface area (Å²) in [4.78, 5) is 27.2. The van der Waals surface area contributed by atoms with Gasteiger partial charge in [0.25, 0.3) is 5.91 Å². The number of hydrogen-bond acceptors (Lipinski definition) is 6. The summed E-state index contributed by atoms with van der Waals surface area (Å²) in [6, 6.07) is 5.16. The number of pyridine rings is 1. The normalized spacial score (nSPS) is 14.5. The standard InChI is InChI=1S/C18H15Cl2N5O2/c19-11-5-10(6-12(20)7-11)14-15-16(24-9-23-14)17(13(8-22-15)18(21)26)25-1-3-27-4-2-25/h5-9H,1-4H2,(H2,21,26). The van der Waals surface area contributed by atoms with Crippen LogP contribution in [0, 0.1) is 0 Å².